The van der Waals surface area contributed by atoms with Gasteiger partial charge in [0.1, 0.15) is 0 Å². The maximum Gasteiger partial charge on any atom is 0.291 e. The van der Waals surface area contributed by atoms with Crippen molar-refractivity contribution in [3.05, 3.63) is 47.7 Å². The van der Waals surface area contributed by atoms with Gasteiger partial charge in [-0.25, -0.2) is 8.42 Å². The lowest BCUT2D eigenvalue weighted by Gasteiger charge is -2.12. The molecular formula is C17H18N2O5S. The molecule has 0 unspecified atom stereocenters. The molecule has 7 nitrogen and oxygen atoms in total. The average Bonchev–Trinajstić information content (AvgIpc) is 3.27. The Morgan fingerprint density at radius 3 is 2.52 bits per heavy atom. The molecule has 1 saturated heterocycles. The largest absolute Gasteiger partial charge is 0.438 e. The van der Waals surface area contributed by atoms with Gasteiger partial charge >= 0.3 is 0 Å². The molecule has 132 valence electrons. The number of ketones is 1. The van der Waals surface area contributed by atoms with E-state index in [0.29, 0.717) is 24.3 Å². The van der Waals surface area contributed by atoms with Crippen LogP contribution < -0.4 is 5.32 Å². The molecule has 1 fully saturated rings. The molecule has 1 amide bonds. The summed E-state index contributed by atoms with van der Waals surface area (Å²) in [6.45, 7) is 2.35. The average molecular weight is 362 g/mol. The summed E-state index contributed by atoms with van der Waals surface area (Å²) in [6, 6.07) is 9.09. The zero-order valence-corrected chi connectivity index (χ0v) is 14.5. The predicted octanol–water partition coefficient (Wildman–Crippen LogP) is 2.52. The lowest BCUT2D eigenvalue weighted by Crippen LogP contribution is -2.27. The number of carbonyl (C=O) groups excluding carboxylic acids is 2. The Kier molecular flexibility index (Phi) is 4.73. The van der Waals surface area contributed by atoms with Crippen LogP contribution in [0.1, 0.15) is 40.7 Å². The molecule has 0 aliphatic carbocycles. The first kappa shape index (κ1) is 17.4. The van der Waals surface area contributed by atoms with Gasteiger partial charge < -0.3 is 9.73 Å². The van der Waals surface area contributed by atoms with Gasteiger partial charge in [0.25, 0.3) is 15.9 Å². The van der Waals surface area contributed by atoms with E-state index in [4.69, 9.17) is 4.42 Å². The lowest BCUT2D eigenvalue weighted by molar-refractivity contribution is 0.0987. The van der Waals surface area contributed by atoms with Crippen LogP contribution in [-0.2, 0) is 10.0 Å². The summed E-state index contributed by atoms with van der Waals surface area (Å²) in [7, 11) is -3.70. The van der Waals surface area contributed by atoms with Crippen LogP contribution in [0.25, 0.3) is 0 Å². The van der Waals surface area contributed by atoms with E-state index in [1.165, 1.54) is 23.4 Å². The van der Waals surface area contributed by atoms with Gasteiger partial charge in [-0.2, -0.15) is 4.31 Å². The van der Waals surface area contributed by atoms with E-state index >= 15 is 0 Å². The van der Waals surface area contributed by atoms with Crippen LogP contribution in [-0.4, -0.2) is 37.5 Å². The Labute approximate surface area is 145 Å². The summed E-state index contributed by atoms with van der Waals surface area (Å²) in [5.74, 6) is -0.803. The standard InChI is InChI=1S/C17H18N2O5S/c1-12(20)13-5-4-6-14(11-13)18-17(21)15-7-8-16(24-15)25(22,23)19-9-2-3-10-19/h4-8,11H,2-3,9-10H2,1H3,(H,18,21). The Morgan fingerprint density at radius 2 is 1.84 bits per heavy atom. The second-order valence-electron chi connectivity index (χ2n) is 5.82. The number of hydrogen-bond acceptors (Lipinski definition) is 5. The molecule has 1 aromatic heterocycles. The molecule has 0 atom stereocenters. The molecule has 0 saturated carbocycles. The third-order valence-electron chi connectivity index (χ3n) is 3.99. The van der Waals surface area contributed by atoms with E-state index in [1.807, 2.05) is 0 Å². The summed E-state index contributed by atoms with van der Waals surface area (Å²) in [4.78, 5) is 23.6. The molecule has 25 heavy (non-hydrogen) atoms. The monoisotopic (exact) mass is 362 g/mol. The number of Topliss-reactive ketones (excluding diaryl/α,β-unsaturated/α-hetero) is 1. The number of hydrogen-bond donors (Lipinski definition) is 1. The summed E-state index contributed by atoms with van der Waals surface area (Å²) in [6.07, 6.45) is 1.64. The Balaban J connectivity index is 1.77. The number of nitrogens with zero attached hydrogens (tertiary/aromatic N) is 1. The first-order chi connectivity index (χ1) is 11.9. The van der Waals surface area contributed by atoms with Crippen molar-refractivity contribution in [3.8, 4) is 0 Å². The third-order valence-corrected chi connectivity index (χ3v) is 5.76. The van der Waals surface area contributed by atoms with Crippen molar-refractivity contribution in [1.82, 2.24) is 4.31 Å². The Bertz CT molecular complexity index is 911. The quantitative estimate of drug-likeness (QED) is 0.825. The second kappa shape index (κ2) is 6.81. The van der Waals surface area contributed by atoms with Crippen molar-refractivity contribution in [2.75, 3.05) is 18.4 Å². The van der Waals surface area contributed by atoms with Crippen LogP contribution in [0.3, 0.4) is 0 Å². The van der Waals surface area contributed by atoms with Crippen molar-refractivity contribution in [2.24, 2.45) is 0 Å². The summed E-state index contributed by atoms with van der Waals surface area (Å²) in [5.41, 5.74) is 0.896. The maximum absolute atomic E-state index is 12.4. The first-order valence-electron chi connectivity index (χ1n) is 7.90. The number of nitrogens with one attached hydrogen (secondary N) is 1. The zero-order valence-electron chi connectivity index (χ0n) is 13.7. The Hall–Kier alpha value is -2.45. The van der Waals surface area contributed by atoms with Crippen LogP contribution in [0.5, 0.6) is 0 Å². The molecule has 1 aliphatic rings. The molecule has 1 aromatic carbocycles. The lowest BCUT2D eigenvalue weighted by atomic mass is 10.1. The molecule has 0 radical (unpaired) electrons. The fourth-order valence-electron chi connectivity index (χ4n) is 2.65. The van der Waals surface area contributed by atoms with Crippen LogP contribution in [0.15, 0.2) is 45.9 Å². The second-order valence-corrected chi connectivity index (χ2v) is 7.69. The van der Waals surface area contributed by atoms with Crippen LogP contribution in [0.2, 0.25) is 0 Å². The van der Waals surface area contributed by atoms with Crippen LogP contribution in [0, 0.1) is 0 Å². The summed E-state index contributed by atoms with van der Waals surface area (Å²) < 4.78 is 31.4. The highest BCUT2D eigenvalue weighted by atomic mass is 32.2. The number of amides is 1. The molecule has 2 heterocycles. The fraction of sp³-hybridized carbons (Fsp3) is 0.294. The topological polar surface area (TPSA) is 96.7 Å². The number of benzene rings is 1. The van der Waals surface area contributed by atoms with Crippen molar-refractivity contribution in [1.29, 1.82) is 0 Å². The zero-order chi connectivity index (χ0) is 18.0. The Morgan fingerprint density at radius 1 is 1.12 bits per heavy atom. The van der Waals surface area contributed by atoms with Crippen molar-refractivity contribution < 1.29 is 22.4 Å². The molecule has 1 N–H and O–H groups in total. The van der Waals surface area contributed by atoms with Gasteiger partial charge in [-0.05, 0) is 44.0 Å². The number of anilines is 1. The van der Waals surface area contributed by atoms with Gasteiger partial charge in [-0.1, -0.05) is 12.1 Å². The van der Waals surface area contributed by atoms with E-state index in [2.05, 4.69) is 5.32 Å². The third kappa shape index (κ3) is 3.64. The maximum atomic E-state index is 12.4. The molecular weight excluding hydrogens is 344 g/mol. The minimum Gasteiger partial charge on any atom is -0.438 e. The number of furan rings is 1. The molecule has 0 bridgehead atoms. The molecule has 3 rings (SSSR count). The number of rotatable bonds is 5. The van der Waals surface area contributed by atoms with Gasteiger partial charge in [-0.15, -0.1) is 0 Å². The van der Waals surface area contributed by atoms with E-state index in [9.17, 15) is 18.0 Å². The normalized spacial score (nSPS) is 15.2. The first-order valence-corrected chi connectivity index (χ1v) is 9.34. The van der Waals surface area contributed by atoms with Crippen LogP contribution >= 0.6 is 0 Å². The SMILES string of the molecule is CC(=O)c1cccc(NC(=O)c2ccc(S(=O)(=O)N3CCCC3)o2)c1. The van der Waals surface area contributed by atoms with Crippen molar-refractivity contribution in [3.63, 3.8) is 0 Å². The molecule has 1 aliphatic heterocycles. The summed E-state index contributed by atoms with van der Waals surface area (Å²) >= 11 is 0. The molecule has 0 spiro atoms. The van der Waals surface area contributed by atoms with Crippen molar-refractivity contribution >= 4 is 27.4 Å². The molecule has 2 aromatic rings. The van der Waals surface area contributed by atoms with Gasteiger partial charge in [0, 0.05) is 24.3 Å². The van der Waals surface area contributed by atoms with Gasteiger partial charge in [0.2, 0.25) is 5.09 Å². The minimum atomic E-state index is -3.70. The van der Waals surface area contributed by atoms with Gasteiger partial charge in [-0.3, -0.25) is 9.59 Å². The highest BCUT2D eigenvalue weighted by Gasteiger charge is 2.30. The molecule has 8 heteroatoms. The number of carbonyl (C=O) groups is 2. The minimum absolute atomic E-state index is 0.106. The van der Waals surface area contributed by atoms with Gasteiger partial charge in [0.15, 0.2) is 11.5 Å². The van der Waals surface area contributed by atoms with Gasteiger partial charge in [0.05, 0.1) is 0 Å². The van der Waals surface area contributed by atoms with E-state index in [-0.39, 0.29) is 16.6 Å². The predicted molar refractivity (Wildman–Crippen MR) is 91.1 cm³/mol. The fourth-order valence-corrected chi connectivity index (χ4v) is 4.07. The van der Waals surface area contributed by atoms with E-state index in [0.717, 1.165) is 12.8 Å². The van der Waals surface area contributed by atoms with E-state index in [1.54, 1.807) is 24.3 Å². The van der Waals surface area contributed by atoms with Crippen LogP contribution in [0.4, 0.5) is 5.69 Å². The smallest absolute Gasteiger partial charge is 0.291 e. The summed E-state index contributed by atoms with van der Waals surface area (Å²) in [5, 5.41) is 2.36. The highest BCUT2D eigenvalue weighted by molar-refractivity contribution is 7.89. The van der Waals surface area contributed by atoms with E-state index < -0.39 is 15.9 Å². The number of sulfonamides is 1. The van der Waals surface area contributed by atoms with Crippen molar-refractivity contribution in [2.45, 2.75) is 24.9 Å². The highest BCUT2D eigenvalue weighted by Crippen LogP contribution is 2.23.